The first kappa shape index (κ1) is 22.7. The van der Waals surface area contributed by atoms with Crippen LogP contribution in [0.5, 0.6) is 0 Å². The highest BCUT2D eigenvalue weighted by Crippen LogP contribution is 2.31. The van der Waals surface area contributed by atoms with Crippen LogP contribution in [0.1, 0.15) is 17.9 Å². The fourth-order valence-electron chi connectivity index (χ4n) is 3.55. The van der Waals surface area contributed by atoms with Gasteiger partial charge in [-0.1, -0.05) is 46.9 Å². The summed E-state index contributed by atoms with van der Waals surface area (Å²) in [6, 6.07) is 12.3. The van der Waals surface area contributed by atoms with Gasteiger partial charge in [-0.15, -0.1) is 0 Å². The molecule has 0 bridgehead atoms. The number of hydrogen-bond acceptors (Lipinski definition) is 5. The molecule has 1 amide bonds. The molecule has 1 N–H and O–H groups in total. The molecule has 7 nitrogen and oxygen atoms in total. The number of amides is 1. The Bertz CT molecular complexity index is 1050. The van der Waals surface area contributed by atoms with E-state index in [0.29, 0.717) is 46.8 Å². The Morgan fingerprint density at radius 1 is 1.00 bits per heavy atom. The maximum absolute atomic E-state index is 12.9. The predicted octanol–water partition coefficient (Wildman–Crippen LogP) is 5.03. The van der Waals surface area contributed by atoms with Crippen LogP contribution in [-0.4, -0.2) is 51.8 Å². The van der Waals surface area contributed by atoms with Crippen molar-refractivity contribution >= 4 is 46.6 Å². The zero-order valence-corrected chi connectivity index (χ0v) is 19.2. The molecule has 1 fully saturated rings. The molecule has 0 radical (unpaired) electrons. The molecule has 0 spiro atoms. The van der Waals surface area contributed by atoms with Crippen LogP contribution < -0.4 is 4.90 Å². The van der Waals surface area contributed by atoms with Crippen molar-refractivity contribution in [1.82, 2.24) is 14.5 Å². The van der Waals surface area contributed by atoms with E-state index in [1.165, 1.54) is 10.9 Å². The van der Waals surface area contributed by atoms with Gasteiger partial charge in [0.05, 0.1) is 16.4 Å². The maximum atomic E-state index is 12.9. The molecule has 1 aliphatic rings. The van der Waals surface area contributed by atoms with E-state index in [1.54, 1.807) is 47.6 Å². The van der Waals surface area contributed by atoms with Crippen LogP contribution in [0.15, 0.2) is 61.2 Å². The number of aliphatic hydroxyl groups excluding tert-OH is 1. The molecule has 1 aliphatic heterocycles. The summed E-state index contributed by atoms with van der Waals surface area (Å²) in [4.78, 5) is 20.7. The van der Waals surface area contributed by atoms with Crippen LogP contribution in [-0.2, 0) is 4.74 Å². The molecule has 10 heteroatoms. The lowest BCUT2D eigenvalue weighted by atomic mass is 10.1. The molecule has 3 aromatic rings. The number of nitrogens with zero attached hydrogens (tertiary/aromatic N) is 4. The van der Waals surface area contributed by atoms with Crippen LogP contribution in [0.4, 0.5) is 10.5 Å². The second kappa shape index (κ2) is 10.0. The van der Waals surface area contributed by atoms with Crippen molar-refractivity contribution in [2.45, 2.75) is 12.3 Å². The molecule has 1 aromatic heterocycles. The SMILES string of the molecule is O=C(OC(c1ccc(Cl)cc1)C(O)n1ccnc1)N1CCN(c2ccc(Cl)c(Cl)c2)CC1. The Balaban J connectivity index is 1.44. The number of carbonyl (C=O) groups excluding carboxylic acids is 1. The average molecular weight is 496 g/mol. The molecule has 168 valence electrons. The molecular formula is C22H21Cl3N4O3. The van der Waals surface area contributed by atoms with Crippen molar-refractivity contribution in [2.75, 3.05) is 31.1 Å². The van der Waals surface area contributed by atoms with Crippen molar-refractivity contribution in [1.29, 1.82) is 0 Å². The van der Waals surface area contributed by atoms with Crippen molar-refractivity contribution in [3.05, 3.63) is 81.8 Å². The fraction of sp³-hybridized carbons (Fsp3) is 0.273. The summed E-state index contributed by atoms with van der Waals surface area (Å²) in [5.41, 5.74) is 1.57. The summed E-state index contributed by atoms with van der Waals surface area (Å²) < 4.78 is 7.25. The van der Waals surface area contributed by atoms with Gasteiger partial charge in [0.2, 0.25) is 0 Å². The van der Waals surface area contributed by atoms with Gasteiger partial charge in [0.25, 0.3) is 0 Å². The Morgan fingerprint density at radius 3 is 2.34 bits per heavy atom. The van der Waals surface area contributed by atoms with E-state index in [1.807, 2.05) is 12.1 Å². The van der Waals surface area contributed by atoms with Gasteiger partial charge in [0, 0.05) is 49.3 Å². The Labute approximate surface area is 200 Å². The third-order valence-corrected chi connectivity index (χ3v) is 6.32. The number of carbonyl (C=O) groups is 1. The van der Waals surface area contributed by atoms with E-state index in [9.17, 15) is 9.90 Å². The number of halogens is 3. The molecular weight excluding hydrogens is 475 g/mol. The van der Waals surface area contributed by atoms with Gasteiger partial charge in [-0.2, -0.15) is 0 Å². The zero-order chi connectivity index (χ0) is 22.7. The van der Waals surface area contributed by atoms with E-state index in [2.05, 4.69) is 9.88 Å². The fourth-order valence-corrected chi connectivity index (χ4v) is 3.97. The van der Waals surface area contributed by atoms with Gasteiger partial charge < -0.3 is 24.2 Å². The average Bonchev–Trinajstić information content (AvgIpc) is 3.35. The zero-order valence-electron chi connectivity index (χ0n) is 16.9. The quantitative estimate of drug-likeness (QED) is 0.537. The summed E-state index contributed by atoms with van der Waals surface area (Å²) in [7, 11) is 0. The molecule has 32 heavy (non-hydrogen) atoms. The van der Waals surface area contributed by atoms with E-state index in [4.69, 9.17) is 39.5 Å². The first-order valence-electron chi connectivity index (χ1n) is 9.99. The maximum Gasteiger partial charge on any atom is 0.410 e. The molecule has 4 rings (SSSR count). The van der Waals surface area contributed by atoms with Gasteiger partial charge >= 0.3 is 6.09 Å². The number of benzene rings is 2. The van der Waals surface area contributed by atoms with Gasteiger partial charge in [-0.25, -0.2) is 9.78 Å². The van der Waals surface area contributed by atoms with Crippen LogP contribution >= 0.6 is 34.8 Å². The van der Waals surface area contributed by atoms with Crippen LogP contribution in [0.3, 0.4) is 0 Å². The van der Waals surface area contributed by atoms with E-state index >= 15 is 0 Å². The third kappa shape index (κ3) is 5.13. The number of hydrogen-bond donors (Lipinski definition) is 1. The molecule has 2 heterocycles. The number of ether oxygens (including phenoxy) is 1. The number of aromatic nitrogens is 2. The molecule has 0 saturated carbocycles. The molecule has 2 atom stereocenters. The summed E-state index contributed by atoms with van der Waals surface area (Å²) in [5, 5.41) is 12.4. The predicted molar refractivity (Wildman–Crippen MR) is 124 cm³/mol. The Kier molecular flexibility index (Phi) is 7.10. The lowest BCUT2D eigenvalue weighted by Gasteiger charge is -2.36. The lowest BCUT2D eigenvalue weighted by molar-refractivity contribution is -0.0499. The van der Waals surface area contributed by atoms with Crippen molar-refractivity contribution in [3.63, 3.8) is 0 Å². The van der Waals surface area contributed by atoms with E-state index in [0.717, 1.165) is 5.69 Å². The van der Waals surface area contributed by atoms with Gasteiger partial charge in [0.1, 0.15) is 0 Å². The van der Waals surface area contributed by atoms with Gasteiger partial charge in [0.15, 0.2) is 12.3 Å². The van der Waals surface area contributed by atoms with Crippen molar-refractivity contribution in [2.24, 2.45) is 0 Å². The molecule has 2 aromatic carbocycles. The molecule has 0 aliphatic carbocycles. The van der Waals surface area contributed by atoms with E-state index < -0.39 is 18.4 Å². The number of rotatable bonds is 5. The van der Waals surface area contributed by atoms with Crippen LogP contribution in [0, 0.1) is 0 Å². The van der Waals surface area contributed by atoms with Crippen LogP contribution in [0.2, 0.25) is 15.1 Å². The third-order valence-electron chi connectivity index (χ3n) is 5.33. The monoisotopic (exact) mass is 494 g/mol. The summed E-state index contributed by atoms with van der Waals surface area (Å²) in [6.45, 7) is 2.16. The second-order valence-corrected chi connectivity index (χ2v) is 8.60. The molecule has 2 unspecified atom stereocenters. The second-order valence-electron chi connectivity index (χ2n) is 7.35. The summed E-state index contributed by atoms with van der Waals surface area (Å²) >= 11 is 18.1. The Hall–Kier alpha value is -2.45. The standard InChI is InChI=1S/C22H21Cl3N4O3/c23-16-3-1-15(2-4-16)20(21(30)29-8-7-26-14-29)32-22(31)28-11-9-27(10-12-28)17-5-6-18(24)19(25)13-17/h1-8,13-14,20-21,30H,9-12H2. The first-order valence-corrected chi connectivity index (χ1v) is 11.1. The van der Waals surface area contributed by atoms with Crippen molar-refractivity contribution in [3.8, 4) is 0 Å². The minimum Gasteiger partial charge on any atom is -0.436 e. The largest absolute Gasteiger partial charge is 0.436 e. The first-order chi connectivity index (χ1) is 15.4. The normalized spacial score (nSPS) is 16.0. The minimum absolute atomic E-state index is 0.466. The molecule has 1 saturated heterocycles. The number of anilines is 1. The topological polar surface area (TPSA) is 70.8 Å². The highest BCUT2D eigenvalue weighted by molar-refractivity contribution is 6.42. The highest BCUT2D eigenvalue weighted by atomic mass is 35.5. The highest BCUT2D eigenvalue weighted by Gasteiger charge is 2.30. The lowest BCUT2D eigenvalue weighted by Crippen LogP contribution is -2.49. The van der Waals surface area contributed by atoms with E-state index in [-0.39, 0.29) is 0 Å². The number of piperazine rings is 1. The summed E-state index contributed by atoms with van der Waals surface area (Å²) in [5.74, 6) is 0. The van der Waals surface area contributed by atoms with Crippen LogP contribution in [0.25, 0.3) is 0 Å². The number of aliphatic hydroxyl groups is 1. The minimum atomic E-state index is -1.14. The summed E-state index contributed by atoms with van der Waals surface area (Å²) in [6.07, 6.45) is 2.06. The smallest absolute Gasteiger partial charge is 0.410 e. The van der Waals surface area contributed by atoms with Gasteiger partial charge in [-0.05, 0) is 35.9 Å². The number of imidazole rings is 1. The van der Waals surface area contributed by atoms with Crippen molar-refractivity contribution < 1.29 is 14.6 Å². The Morgan fingerprint density at radius 2 is 1.72 bits per heavy atom. The van der Waals surface area contributed by atoms with Gasteiger partial charge in [-0.3, -0.25) is 0 Å².